The molecule has 0 saturated carbocycles. The van der Waals surface area contributed by atoms with Crippen LogP contribution in [0.1, 0.15) is 24.3 Å². The molecule has 0 spiro atoms. The molecule has 1 fully saturated rings. The predicted octanol–water partition coefficient (Wildman–Crippen LogP) is 2.43. The number of aryl methyl sites for hydroxylation is 1. The van der Waals surface area contributed by atoms with E-state index in [1.807, 2.05) is 36.1 Å². The minimum absolute atomic E-state index is 0.0340. The number of hydrogen-bond donors (Lipinski definition) is 1. The number of benzene rings is 1. The van der Waals surface area contributed by atoms with Crippen molar-refractivity contribution in [3.05, 3.63) is 35.7 Å². The Labute approximate surface area is 147 Å². The molecule has 2 heterocycles. The number of ether oxygens (including phenoxy) is 1. The summed E-state index contributed by atoms with van der Waals surface area (Å²) in [6, 6.07) is 7.49. The summed E-state index contributed by atoms with van der Waals surface area (Å²) in [5.74, 6) is 2.09. The van der Waals surface area contributed by atoms with Gasteiger partial charge in [0.15, 0.2) is 0 Å². The molecule has 1 aromatic heterocycles. The minimum Gasteiger partial charge on any atom is -0.497 e. The molecule has 3 rings (SSSR count). The number of carbonyl (C=O) groups is 1. The van der Waals surface area contributed by atoms with Crippen molar-refractivity contribution in [3.8, 4) is 17.2 Å². The van der Waals surface area contributed by atoms with E-state index in [4.69, 9.17) is 9.15 Å². The van der Waals surface area contributed by atoms with E-state index in [9.17, 15) is 9.90 Å². The summed E-state index contributed by atoms with van der Waals surface area (Å²) < 4.78 is 11.0. The lowest BCUT2D eigenvalue weighted by Gasteiger charge is -2.31. The molecule has 2 aromatic rings. The number of amides is 1. The van der Waals surface area contributed by atoms with Crippen LogP contribution in [-0.2, 0) is 11.2 Å². The number of rotatable bonds is 5. The summed E-state index contributed by atoms with van der Waals surface area (Å²) in [5, 5.41) is 9.32. The predicted molar refractivity (Wildman–Crippen MR) is 93.3 cm³/mol. The summed E-state index contributed by atoms with van der Waals surface area (Å²) in [4.78, 5) is 18.9. The molecule has 1 amide bonds. The number of methoxy groups -OCH3 is 1. The van der Waals surface area contributed by atoms with Crippen molar-refractivity contribution in [2.45, 2.75) is 26.2 Å². The largest absolute Gasteiger partial charge is 0.497 e. The second kappa shape index (κ2) is 7.70. The summed E-state index contributed by atoms with van der Waals surface area (Å²) in [5.41, 5.74) is 1.48. The van der Waals surface area contributed by atoms with E-state index in [1.54, 1.807) is 7.11 Å². The van der Waals surface area contributed by atoms with Gasteiger partial charge in [0.25, 0.3) is 0 Å². The van der Waals surface area contributed by atoms with Gasteiger partial charge in [0.2, 0.25) is 11.8 Å². The highest BCUT2D eigenvalue weighted by atomic mass is 16.5. The fraction of sp³-hybridized carbons (Fsp3) is 0.474. The first-order chi connectivity index (χ1) is 12.1. The van der Waals surface area contributed by atoms with E-state index in [0.29, 0.717) is 23.9 Å². The Morgan fingerprint density at radius 3 is 3.08 bits per heavy atom. The van der Waals surface area contributed by atoms with Gasteiger partial charge in [0, 0.05) is 25.3 Å². The summed E-state index contributed by atoms with van der Waals surface area (Å²) in [7, 11) is 1.61. The van der Waals surface area contributed by atoms with Crippen molar-refractivity contribution >= 4 is 5.91 Å². The fourth-order valence-electron chi connectivity index (χ4n) is 3.17. The SMILES string of the molecule is COc1cccc(-c2nc(CC(=O)N3CCCC(CO)C3)c(C)o2)c1. The molecule has 1 atom stereocenters. The number of nitrogens with zero attached hydrogens (tertiary/aromatic N) is 2. The lowest BCUT2D eigenvalue weighted by atomic mass is 9.98. The lowest BCUT2D eigenvalue weighted by Crippen LogP contribution is -2.41. The molecular weight excluding hydrogens is 320 g/mol. The van der Waals surface area contributed by atoms with E-state index < -0.39 is 0 Å². The van der Waals surface area contributed by atoms with Crippen LogP contribution < -0.4 is 4.74 Å². The van der Waals surface area contributed by atoms with E-state index >= 15 is 0 Å². The smallest absolute Gasteiger partial charge is 0.228 e. The van der Waals surface area contributed by atoms with Crippen LogP contribution in [0.15, 0.2) is 28.7 Å². The monoisotopic (exact) mass is 344 g/mol. The Hall–Kier alpha value is -2.34. The van der Waals surface area contributed by atoms with Crippen molar-refractivity contribution in [2.24, 2.45) is 5.92 Å². The van der Waals surface area contributed by atoms with Crippen LogP contribution in [0.2, 0.25) is 0 Å². The van der Waals surface area contributed by atoms with Gasteiger partial charge < -0.3 is 19.2 Å². The average Bonchev–Trinajstić information content (AvgIpc) is 3.02. The van der Waals surface area contributed by atoms with Gasteiger partial charge in [0.05, 0.1) is 19.2 Å². The van der Waals surface area contributed by atoms with Crippen LogP contribution in [0.5, 0.6) is 5.75 Å². The normalized spacial score (nSPS) is 17.6. The van der Waals surface area contributed by atoms with Gasteiger partial charge in [-0.3, -0.25) is 4.79 Å². The van der Waals surface area contributed by atoms with Gasteiger partial charge in [-0.1, -0.05) is 6.07 Å². The summed E-state index contributed by atoms with van der Waals surface area (Å²) in [6.45, 7) is 3.32. The van der Waals surface area contributed by atoms with Crippen molar-refractivity contribution in [1.29, 1.82) is 0 Å². The Morgan fingerprint density at radius 1 is 1.48 bits per heavy atom. The molecule has 1 N–H and O–H groups in total. The minimum atomic E-state index is 0.0340. The van der Waals surface area contributed by atoms with Crippen molar-refractivity contribution in [3.63, 3.8) is 0 Å². The molecule has 134 valence electrons. The van der Waals surface area contributed by atoms with Crippen molar-refractivity contribution < 1.29 is 19.1 Å². The maximum absolute atomic E-state index is 12.6. The van der Waals surface area contributed by atoms with Crippen molar-refractivity contribution in [1.82, 2.24) is 9.88 Å². The van der Waals surface area contributed by atoms with Crippen LogP contribution in [0.4, 0.5) is 0 Å². The third-order valence-corrected chi connectivity index (χ3v) is 4.66. The van der Waals surface area contributed by atoms with E-state index in [0.717, 1.165) is 30.7 Å². The number of oxazole rings is 1. The average molecular weight is 344 g/mol. The molecule has 1 aromatic carbocycles. The third-order valence-electron chi connectivity index (χ3n) is 4.66. The standard InChI is InChI=1S/C19H24N2O4/c1-13-17(10-18(23)21-8-4-5-14(11-21)12-22)20-19(25-13)15-6-3-7-16(9-15)24-2/h3,6-7,9,14,22H,4-5,8,10-12H2,1-2H3. The second-order valence-corrected chi connectivity index (χ2v) is 6.46. The molecule has 1 unspecified atom stereocenters. The summed E-state index contributed by atoms with van der Waals surface area (Å²) in [6.07, 6.45) is 2.13. The Balaban J connectivity index is 1.73. The molecular formula is C19H24N2O4. The van der Waals surface area contributed by atoms with Gasteiger partial charge in [-0.15, -0.1) is 0 Å². The van der Waals surface area contributed by atoms with Crippen LogP contribution >= 0.6 is 0 Å². The van der Waals surface area contributed by atoms with Gasteiger partial charge in [-0.05, 0) is 43.9 Å². The number of piperidine rings is 1. The highest BCUT2D eigenvalue weighted by Crippen LogP contribution is 2.26. The number of hydrogen-bond acceptors (Lipinski definition) is 5. The van der Waals surface area contributed by atoms with E-state index in [1.165, 1.54) is 0 Å². The Kier molecular flexibility index (Phi) is 5.38. The van der Waals surface area contributed by atoms with Crippen LogP contribution in [-0.4, -0.2) is 47.7 Å². The summed E-state index contributed by atoms with van der Waals surface area (Å²) >= 11 is 0. The first-order valence-electron chi connectivity index (χ1n) is 8.60. The Morgan fingerprint density at radius 2 is 2.32 bits per heavy atom. The Bertz CT molecular complexity index is 741. The number of aliphatic hydroxyl groups excluding tert-OH is 1. The molecule has 1 saturated heterocycles. The zero-order chi connectivity index (χ0) is 17.8. The van der Waals surface area contributed by atoms with E-state index in [2.05, 4.69) is 4.98 Å². The molecule has 0 aliphatic carbocycles. The number of aliphatic hydroxyl groups is 1. The maximum atomic E-state index is 12.6. The second-order valence-electron chi connectivity index (χ2n) is 6.46. The first-order valence-corrected chi connectivity index (χ1v) is 8.60. The van der Waals surface area contributed by atoms with Crippen LogP contribution in [0.3, 0.4) is 0 Å². The molecule has 25 heavy (non-hydrogen) atoms. The quantitative estimate of drug-likeness (QED) is 0.901. The van der Waals surface area contributed by atoms with Gasteiger partial charge in [0.1, 0.15) is 11.5 Å². The lowest BCUT2D eigenvalue weighted by molar-refractivity contribution is -0.132. The van der Waals surface area contributed by atoms with E-state index in [-0.39, 0.29) is 24.9 Å². The van der Waals surface area contributed by atoms with Gasteiger partial charge in [-0.2, -0.15) is 0 Å². The van der Waals surface area contributed by atoms with Gasteiger partial charge in [-0.25, -0.2) is 4.98 Å². The maximum Gasteiger partial charge on any atom is 0.228 e. The van der Waals surface area contributed by atoms with Crippen LogP contribution in [0, 0.1) is 12.8 Å². The third kappa shape index (κ3) is 4.02. The number of likely N-dealkylation sites (tertiary alicyclic amines) is 1. The number of aromatic nitrogens is 1. The molecule has 0 radical (unpaired) electrons. The zero-order valence-electron chi connectivity index (χ0n) is 14.7. The highest BCUT2D eigenvalue weighted by molar-refractivity contribution is 5.78. The molecule has 6 nitrogen and oxygen atoms in total. The number of carbonyl (C=O) groups excluding carboxylic acids is 1. The van der Waals surface area contributed by atoms with Crippen LogP contribution in [0.25, 0.3) is 11.5 Å². The molecule has 1 aliphatic heterocycles. The molecule has 1 aliphatic rings. The van der Waals surface area contributed by atoms with Crippen molar-refractivity contribution in [2.75, 3.05) is 26.8 Å². The molecule has 6 heteroatoms. The highest BCUT2D eigenvalue weighted by Gasteiger charge is 2.25. The fourth-order valence-corrected chi connectivity index (χ4v) is 3.17. The zero-order valence-corrected chi connectivity index (χ0v) is 14.7. The van der Waals surface area contributed by atoms with Gasteiger partial charge >= 0.3 is 0 Å². The topological polar surface area (TPSA) is 75.8 Å². The molecule has 0 bridgehead atoms. The first kappa shape index (κ1) is 17.5.